The van der Waals surface area contributed by atoms with Gasteiger partial charge in [-0.1, -0.05) is 12.1 Å². The minimum absolute atomic E-state index is 0.0984. The van der Waals surface area contributed by atoms with E-state index in [1.807, 2.05) is 23.1 Å². The van der Waals surface area contributed by atoms with Gasteiger partial charge in [0.2, 0.25) is 11.3 Å². The number of aromatic nitrogens is 2. The standard InChI is InChI=1S/C18H24N4O3/c1-14(23)13-20-8-10-21(11-9-20)18(25)6-7-22-16-5-3-2-4-15(16)17(24)12-19-22/h2-5,12,14,23H,6-11,13H2,1H3. The molecular weight excluding hydrogens is 320 g/mol. The third-order valence-electron chi connectivity index (χ3n) is 4.55. The van der Waals surface area contributed by atoms with Crippen LogP contribution < -0.4 is 5.43 Å². The van der Waals surface area contributed by atoms with E-state index in [1.54, 1.807) is 17.7 Å². The van der Waals surface area contributed by atoms with Crippen molar-refractivity contribution in [1.82, 2.24) is 19.6 Å². The zero-order valence-electron chi connectivity index (χ0n) is 14.5. The molecule has 3 rings (SSSR count). The molecule has 1 aromatic carbocycles. The second-order valence-electron chi connectivity index (χ2n) is 6.53. The van der Waals surface area contributed by atoms with Gasteiger partial charge in [0.15, 0.2) is 0 Å². The van der Waals surface area contributed by atoms with Gasteiger partial charge in [0.1, 0.15) is 0 Å². The number of piperazine rings is 1. The van der Waals surface area contributed by atoms with E-state index >= 15 is 0 Å². The second kappa shape index (κ2) is 7.76. The lowest BCUT2D eigenvalue weighted by molar-refractivity contribution is -0.133. The Hall–Kier alpha value is -2.25. The molecule has 1 saturated heterocycles. The number of β-amino-alcohol motifs (C(OH)–C–C–N with tert-alkyl or cyclic N) is 1. The van der Waals surface area contributed by atoms with Gasteiger partial charge in [0.05, 0.1) is 24.4 Å². The fourth-order valence-corrected chi connectivity index (χ4v) is 3.25. The van der Waals surface area contributed by atoms with Crippen molar-refractivity contribution >= 4 is 16.8 Å². The highest BCUT2D eigenvalue weighted by molar-refractivity contribution is 5.79. The average molecular weight is 344 g/mol. The first-order valence-electron chi connectivity index (χ1n) is 8.67. The van der Waals surface area contributed by atoms with Crippen molar-refractivity contribution in [3.05, 3.63) is 40.7 Å². The van der Waals surface area contributed by atoms with Gasteiger partial charge < -0.3 is 10.0 Å². The number of aliphatic hydroxyl groups is 1. The van der Waals surface area contributed by atoms with E-state index in [0.717, 1.165) is 18.6 Å². The zero-order valence-corrected chi connectivity index (χ0v) is 14.5. The highest BCUT2D eigenvalue weighted by Crippen LogP contribution is 2.10. The monoisotopic (exact) mass is 344 g/mol. The van der Waals surface area contributed by atoms with Gasteiger partial charge in [0.25, 0.3) is 0 Å². The Bertz CT molecular complexity index is 794. The van der Waals surface area contributed by atoms with Crippen LogP contribution in [0.2, 0.25) is 0 Å². The molecule has 1 aromatic heterocycles. The lowest BCUT2D eigenvalue weighted by atomic mass is 10.2. The van der Waals surface area contributed by atoms with E-state index in [4.69, 9.17) is 0 Å². The van der Waals surface area contributed by atoms with Gasteiger partial charge in [0, 0.05) is 44.5 Å². The number of aliphatic hydroxyl groups excluding tert-OH is 1. The average Bonchev–Trinajstić information content (AvgIpc) is 2.61. The largest absolute Gasteiger partial charge is 0.392 e. The molecule has 1 N–H and O–H groups in total. The number of aryl methyl sites for hydroxylation is 1. The SMILES string of the molecule is CC(O)CN1CCN(C(=O)CCn2ncc(=O)c3ccccc32)CC1. The van der Waals surface area contributed by atoms with Crippen LogP contribution in [0.4, 0.5) is 0 Å². The normalized spacial score (nSPS) is 17.0. The second-order valence-corrected chi connectivity index (χ2v) is 6.53. The zero-order chi connectivity index (χ0) is 17.8. The maximum atomic E-state index is 12.5. The van der Waals surface area contributed by atoms with Crippen molar-refractivity contribution in [2.75, 3.05) is 32.7 Å². The summed E-state index contributed by atoms with van der Waals surface area (Å²) in [5.74, 6) is 0.0984. The van der Waals surface area contributed by atoms with Crippen LogP contribution in [-0.2, 0) is 11.3 Å². The lowest BCUT2D eigenvalue weighted by Crippen LogP contribution is -2.50. The third kappa shape index (κ3) is 4.24. The van der Waals surface area contributed by atoms with Gasteiger partial charge in [-0.15, -0.1) is 0 Å². The summed E-state index contributed by atoms with van der Waals surface area (Å²) in [5.41, 5.74) is 0.650. The van der Waals surface area contributed by atoms with E-state index in [0.29, 0.717) is 38.0 Å². The predicted molar refractivity (Wildman–Crippen MR) is 95.3 cm³/mol. The Labute approximate surface area is 146 Å². The molecule has 0 saturated carbocycles. The van der Waals surface area contributed by atoms with Gasteiger partial charge in [-0.2, -0.15) is 5.10 Å². The minimum Gasteiger partial charge on any atom is -0.392 e. The molecule has 0 aliphatic carbocycles. The summed E-state index contributed by atoms with van der Waals surface area (Å²) in [7, 11) is 0. The maximum Gasteiger partial charge on any atom is 0.224 e. The Balaban J connectivity index is 1.59. The highest BCUT2D eigenvalue weighted by Gasteiger charge is 2.21. The highest BCUT2D eigenvalue weighted by atomic mass is 16.3. The molecule has 0 bridgehead atoms. The van der Waals surface area contributed by atoms with Crippen LogP contribution in [0.15, 0.2) is 35.3 Å². The van der Waals surface area contributed by atoms with E-state index in [2.05, 4.69) is 10.00 Å². The van der Waals surface area contributed by atoms with Crippen molar-refractivity contribution in [3.8, 4) is 0 Å². The molecule has 1 fully saturated rings. The summed E-state index contributed by atoms with van der Waals surface area (Å²) >= 11 is 0. The summed E-state index contributed by atoms with van der Waals surface area (Å²) < 4.78 is 1.72. The molecule has 0 radical (unpaired) electrons. The third-order valence-corrected chi connectivity index (χ3v) is 4.55. The molecule has 1 amide bonds. The van der Waals surface area contributed by atoms with Gasteiger partial charge in [-0.3, -0.25) is 19.2 Å². The topological polar surface area (TPSA) is 78.7 Å². The van der Waals surface area contributed by atoms with Crippen LogP contribution in [0.1, 0.15) is 13.3 Å². The number of para-hydroxylation sites is 1. The maximum absolute atomic E-state index is 12.5. The number of fused-ring (bicyclic) bond motifs is 1. The fourth-order valence-electron chi connectivity index (χ4n) is 3.25. The number of carbonyl (C=O) groups is 1. The fraction of sp³-hybridized carbons (Fsp3) is 0.500. The summed E-state index contributed by atoms with van der Waals surface area (Å²) in [6, 6.07) is 7.32. The number of carbonyl (C=O) groups excluding carboxylic acids is 1. The molecule has 7 nitrogen and oxygen atoms in total. The van der Waals surface area contributed by atoms with Crippen LogP contribution in [0.25, 0.3) is 10.9 Å². The molecule has 0 spiro atoms. The van der Waals surface area contributed by atoms with Crippen molar-refractivity contribution < 1.29 is 9.90 Å². The van der Waals surface area contributed by atoms with Crippen LogP contribution >= 0.6 is 0 Å². The van der Waals surface area contributed by atoms with Crippen molar-refractivity contribution in [2.45, 2.75) is 26.0 Å². The van der Waals surface area contributed by atoms with Crippen LogP contribution in [0.5, 0.6) is 0 Å². The van der Waals surface area contributed by atoms with E-state index in [-0.39, 0.29) is 17.4 Å². The van der Waals surface area contributed by atoms with Gasteiger partial charge in [-0.05, 0) is 19.1 Å². The Morgan fingerprint density at radius 3 is 2.68 bits per heavy atom. The Kier molecular flexibility index (Phi) is 5.45. The van der Waals surface area contributed by atoms with Crippen molar-refractivity contribution in [1.29, 1.82) is 0 Å². The quantitative estimate of drug-likeness (QED) is 0.845. The van der Waals surface area contributed by atoms with E-state index < -0.39 is 0 Å². The summed E-state index contributed by atoms with van der Waals surface area (Å²) in [6.45, 7) is 5.82. The van der Waals surface area contributed by atoms with Crippen LogP contribution in [0.3, 0.4) is 0 Å². The molecule has 134 valence electrons. The molecular formula is C18H24N4O3. The summed E-state index contributed by atoms with van der Waals surface area (Å²) in [4.78, 5) is 28.3. The first-order chi connectivity index (χ1) is 12.0. The lowest BCUT2D eigenvalue weighted by Gasteiger charge is -2.35. The number of rotatable bonds is 5. The predicted octanol–water partition coefficient (Wildman–Crippen LogP) is 0.312. The van der Waals surface area contributed by atoms with E-state index in [9.17, 15) is 14.7 Å². The molecule has 1 aliphatic rings. The Morgan fingerprint density at radius 2 is 1.96 bits per heavy atom. The minimum atomic E-state index is -0.345. The van der Waals surface area contributed by atoms with Crippen molar-refractivity contribution in [2.24, 2.45) is 0 Å². The Morgan fingerprint density at radius 1 is 1.24 bits per heavy atom. The molecule has 2 aromatic rings. The number of benzene rings is 1. The number of nitrogens with zero attached hydrogens (tertiary/aromatic N) is 4. The molecule has 25 heavy (non-hydrogen) atoms. The van der Waals surface area contributed by atoms with Crippen LogP contribution in [-0.4, -0.2) is 69.4 Å². The summed E-state index contributed by atoms with van der Waals surface area (Å²) in [6.07, 6.45) is 1.32. The molecule has 7 heteroatoms. The summed E-state index contributed by atoms with van der Waals surface area (Å²) in [5, 5.41) is 14.2. The van der Waals surface area contributed by atoms with Crippen molar-refractivity contribution in [3.63, 3.8) is 0 Å². The molecule has 2 heterocycles. The molecule has 1 atom stereocenters. The van der Waals surface area contributed by atoms with Gasteiger partial charge in [-0.25, -0.2) is 0 Å². The van der Waals surface area contributed by atoms with E-state index in [1.165, 1.54) is 6.20 Å². The number of hydrogen-bond acceptors (Lipinski definition) is 5. The smallest absolute Gasteiger partial charge is 0.224 e. The first-order valence-corrected chi connectivity index (χ1v) is 8.67. The number of hydrogen-bond donors (Lipinski definition) is 1. The van der Waals surface area contributed by atoms with Gasteiger partial charge >= 0.3 is 0 Å². The molecule has 1 aliphatic heterocycles. The molecule has 1 unspecified atom stereocenters. The van der Waals surface area contributed by atoms with Crippen LogP contribution in [0, 0.1) is 0 Å². The first kappa shape index (κ1) is 17.6. The number of amides is 1.